The molecule has 0 saturated carbocycles. The topological polar surface area (TPSA) is 66.7 Å². The Morgan fingerprint density at radius 2 is 2.54 bits per heavy atom. The third-order valence-electron chi connectivity index (χ3n) is 1.60. The summed E-state index contributed by atoms with van der Waals surface area (Å²) < 4.78 is 0. The van der Waals surface area contributed by atoms with Gasteiger partial charge in [-0.05, 0) is 6.07 Å². The highest BCUT2D eigenvalue weighted by molar-refractivity contribution is 7.15. The van der Waals surface area contributed by atoms with Crippen LogP contribution in [0.1, 0.15) is 4.88 Å². The van der Waals surface area contributed by atoms with Crippen molar-refractivity contribution in [2.24, 2.45) is 5.73 Å². The molecule has 4 N–H and O–H groups in total. The summed E-state index contributed by atoms with van der Waals surface area (Å²) in [5.41, 5.74) is 6.48. The summed E-state index contributed by atoms with van der Waals surface area (Å²) in [4.78, 5) is 8.22. The van der Waals surface area contributed by atoms with Crippen molar-refractivity contribution in [2.75, 3.05) is 5.32 Å². The van der Waals surface area contributed by atoms with E-state index in [-0.39, 0.29) is 0 Å². The number of thiazole rings is 1. The quantitative estimate of drug-likeness (QED) is 0.696. The van der Waals surface area contributed by atoms with E-state index in [2.05, 4.69) is 15.3 Å². The first-order chi connectivity index (χ1) is 6.38. The Balaban J connectivity index is 2.10. The fourth-order valence-corrected chi connectivity index (χ4v) is 1.70. The number of hydrogen-bond donors (Lipinski definition) is 3. The van der Waals surface area contributed by atoms with Gasteiger partial charge >= 0.3 is 0 Å². The Labute approximate surface area is 79.8 Å². The van der Waals surface area contributed by atoms with Gasteiger partial charge in [0.25, 0.3) is 0 Å². The van der Waals surface area contributed by atoms with Crippen molar-refractivity contribution in [2.45, 2.75) is 6.54 Å². The smallest absolute Gasteiger partial charge is 0.187 e. The van der Waals surface area contributed by atoms with Crippen LogP contribution in [0.2, 0.25) is 0 Å². The van der Waals surface area contributed by atoms with Crippen molar-refractivity contribution in [1.82, 2.24) is 9.97 Å². The average molecular weight is 194 g/mol. The first-order valence-electron chi connectivity index (χ1n) is 3.93. The largest absolute Gasteiger partial charge is 0.366 e. The minimum absolute atomic E-state index is 0.548. The number of nitrogens with two attached hydrogens (primary N) is 1. The maximum Gasteiger partial charge on any atom is 0.187 e. The fourth-order valence-electron chi connectivity index (χ4n) is 0.985. The molecule has 0 aromatic carbocycles. The van der Waals surface area contributed by atoms with Gasteiger partial charge in [0.1, 0.15) is 0 Å². The first-order valence-corrected chi connectivity index (χ1v) is 4.75. The lowest BCUT2D eigenvalue weighted by Crippen LogP contribution is -1.91. The van der Waals surface area contributed by atoms with Crippen LogP contribution in [0.25, 0.3) is 0 Å². The molecule has 2 aromatic heterocycles. The lowest BCUT2D eigenvalue weighted by Gasteiger charge is -1.95. The van der Waals surface area contributed by atoms with Crippen LogP contribution in [0.4, 0.5) is 10.8 Å². The molecule has 0 atom stereocenters. The third-order valence-corrected chi connectivity index (χ3v) is 2.54. The Bertz CT molecular complexity index is 365. The molecule has 5 heteroatoms. The minimum Gasteiger partial charge on any atom is -0.366 e. The van der Waals surface area contributed by atoms with Gasteiger partial charge in [-0.2, -0.15) is 0 Å². The Hall–Kier alpha value is -1.33. The molecule has 4 nitrogen and oxygen atoms in total. The zero-order chi connectivity index (χ0) is 9.10. The highest BCUT2D eigenvalue weighted by Crippen LogP contribution is 2.21. The van der Waals surface area contributed by atoms with E-state index in [0.717, 1.165) is 15.7 Å². The molecule has 0 saturated heterocycles. The van der Waals surface area contributed by atoms with Gasteiger partial charge in [-0.3, -0.25) is 0 Å². The van der Waals surface area contributed by atoms with E-state index in [1.165, 1.54) is 0 Å². The molecule has 0 aliphatic carbocycles. The van der Waals surface area contributed by atoms with Gasteiger partial charge in [0.2, 0.25) is 0 Å². The van der Waals surface area contributed by atoms with Crippen molar-refractivity contribution in [3.63, 3.8) is 0 Å². The Kier molecular flexibility index (Phi) is 2.29. The number of anilines is 2. The second-order valence-electron chi connectivity index (χ2n) is 2.56. The summed E-state index contributed by atoms with van der Waals surface area (Å²) in [5, 5.41) is 4.03. The normalized spacial score (nSPS) is 10.2. The van der Waals surface area contributed by atoms with Crippen LogP contribution in [-0.2, 0) is 6.54 Å². The maximum atomic E-state index is 5.47. The lowest BCUT2D eigenvalue weighted by molar-refractivity contribution is 1.10. The molecule has 2 rings (SSSR count). The molecule has 0 spiro atoms. The number of H-pyrrole nitrogens is 1. The molecule has 0 fully saturated rings. The Morgan fingerprint density at radius 1 is 1.62 bits per heavy atom. The molecule has 2 aromatic rings. The summed E-state index contributed by atoms with van der Waals surface area (Å²) in [7, 11) is 0. The van der Waals surface area contributed by atoms with Crippen LogP contribution in [0.15, 0.2) is 24.7 Å². The molecular weight excluding hydrogens is 184 g/mol. The summed E-state index contributed by atoms with van der Waals surface area (Å²) in [5.74, 6) is 0. The number of aromatic amines is 1. The molecule has 0 aliphatic rings. The SMILES string of the molecule is NCc1cnc(Nc2cc[nH]c2)s1. The van der Waals surface area contributed by atoms with E-state index in [1.807, 2.05) is 18.5 Å². The molecule has 0 unspecified atom stereocenters. The van der Waals surface area contributed by atoms with Gasteiger partial charge in [-0.15, -0.1) is 11.3 Å². The highest BCUT2D eigenvalue weighted by Gasteiger charge is 2.00. The van der Waals surface area contributed by atoms with Crippen molar-refractivity contribution in [3.05, 3.63) is 29.5 Å². The van der Waals surface area contributed by atoms with Crippen LogP contribution >= 0.6 is 11.3 Å². The molecule has 0 bridgehead atoms. The van der Waals surface area contributed by atoms with Gasteiger partial charge in [-0.25, -0.2) is 4.98 Å². The monoisotopic (exact) mass is 194 g/mol. The van der Waals surface area contributed by atoms with Crippen LogP contribution < -0.4 is 11.1 Å². The molecule has 68 valence electrons. The van der Waals surface area contributed by atoms with Crippen LogP contribution in [0.3, 0.4) is 0 Å². The average Bonchev–Trinajstić information content (AvgIpc) is 2.76. The number of aromatic nitrogens is 2. The molecule has 0 amide bonds. The molecule has 0 radical (unpaired) electrons. The first kappa shape index (κ1) is 8.28. The summed E-state index contributed by atoms with van der Waals surface area (Å²) in [6, 6.07) is 1.95. The fraction of sp³-hybridized carbons (Fsp3) is 0.125. The molecule has 0 aliphatic heterocycles. The third kappa shape index (κ3) is 1.88. The van der Waals surface area contributed by atoms with E-state index in [1.54, 1.807) is 17.5 Å². The standard InChI is InChI=1S/C8H10N4S/c9-3-7-5-11-8(13-7)12-6-1-2-10-4-6/h1-2,4-5,10H,3,9H2,(H,11,12). The van der Waals surface area contributed by atoms with Gasteiger partial charge in [0.05, 0.1) is 5.69 Å². The maximum absolute atomic E-state index is 5.47. The number of nitrogens with one attached hydrogen (secondary N) is 2. The van der Waals surface area contributed by atoms with Crippen LogP contribution in [0, 0.1) is 0 Å². The van der Waals surface area contributed by atoms with Crippen LogP contribution in [0.5, 0.6) is 0 Å². The lowest BCUT2D eigenvalue weighted by atomic mass is 10.5. The van der Waals surface area contributed by atoms with Crippen molar-refractivity contribution >= 4 is 22.2 Å². The zero-order valence-electron chi connectivity index (χ0n) is 6.95. The number of rotatable bonds is 3. The number of nitrogens with zero attached hydrogens (tertiary/aromatic N) is 1. The van der Waals surface area contributed by atoms with Crippen molar-refractivity contribution in [3.8, 4) is 0 Å². The van der Waals surface area contributed by atoms with Gasteiger partial charge in [0.15, 0.2) is 5.13 Å². The van der Waals surface area contributed by atoms with Gasteiger partial charge < -0.3 is 16.0 Å². The predicted molar refractivity (Wildman–Crippen MR) is 54.1 cm³/mol. The highest BCUT2D eigenvalue weighted by atomic mass is 32.1. The van der Waals surface area contributed by atoms with E-state index in [9.17, 15) is 0 Å². The van der Waals surface area contributed by atoms with E-state index in [4.69, 9.17) is 5.73 Å². The van der Waals surface area contributed by atoms with Crippen molar-refractivity contribution in [1.29, 1.82) is 0 Å². The minimum atomic E-state index is 0.548. The summed E-state index contributed by atoms with van der Waals surface area (Å²) >= 11 is 1.57. The van der Waals surface area contributed by atoms with Crippen LogP contribution in [-0.4, -0.2) is 9.97 Å². The second kappa shape index (κ2) is 3.59. The summed E-state index contributed by atoms with van der Waals surface area (Å²) in [6.07, 6.45) is 5.53. The van der Waals surface area contributed by atoms with E-state index in [0.29, 0.717) is 6.54 Å². The molecule has 13 heavy (non-hydrogen) atoms. The zero-order valence-corrected chi connectivity index (χ0v) is 7.77. The molecule has 2 heterocycles. The number of hydrogen-bond acceptors (Lipinski definition) is 4. The summed E-state index contributed by atoms with van der Waals surface area (Å²) in [6.45, 7) is 0.548. The molecular formula is C8H10N4S. The van der Waals surface area contributed by atoms with Crippen molar-refractivity contribution < 1.29 is 0 Å². The van der Waals surface area contributed by atoms with Gasteiger partial charge in [-0.1, -0.05) is 0 Å². The van der Waals surface area contributed by atoms with Gasteiger partial charge in [0, 0.05) is 30.0 Å². The Morgan fingerprint density at radius 3 is 3.15 bits per heavy atom. The van der Waals surface area contributed by atoms with E-state index < -0.39 is 0 Å². The predicted octanol–water partition coefficient (Wildman–Crippen LogP) is 1.67. The van der Waals surface area contributed by atoms with E-state index >= 15 is 0 Å². The second-order valence-corrected chi connectivity index (χ2v) is 3.68.